The number of guanidine groups is 1. The zero-order chi connectivity index (χ0) is 18.0. The molecule has 0 aliphatic rings. The van der Waals surface area contributed by atoms with Crippen LogP contribution in [0.5, 0.6) is 0 Å². The van der Waals surface area contributed by atoms with Crippen LogP contribution in [-0.2, 0) is 16.6 Å². The smallest absolute Gasteiger partial charge is 0.240 e. The van der Waals surface area contributed by atoms with E-state index >= 15 is 0 Å². The van der Waals surface area contributed by atoms with Crippen molar-refractivity contribution < 1.29 is 8.42 Å². The fourth-order valence-corrected chi connectivity index (χ4v) is 2.93. The van der Waals surface area contributed by atoms with Gasteiger partial charge in [0.15, 0.2) is 5.96 Å². The summed E-state index contributed by atoms with van der Waals surface area (Å²) in [6, 6.07) is 6.80. The molecule has 0 spiro atoms. The van der Waals surface area contributed by atoms with Gasteiger partial charge in [0.2, 0.25) is 10.0 Å². The second-order valence-electron chi connectivity index (χ2n) is 6.09. The third-order valence-corrected chi connectivity index (χ3v) is 5.12. The van der Waals surface area contributed by atoms with Gasteiger partial charge >= 0.3 is 0 Å². The highest BCUT2D eigenvalue weighted by molar-refractivity contribution is 14.0. The molecule has 0 saturated heterocycles. The standard InChI is InChI=1S/C17H30N4O2S.HI/c1-14(2)7-5-6-12-20-17(18-3)21-13-15-8-10-16(11-9-15)24(22,23)19-4;/h8-11,14,19H,5-7,12-13H2,1-4H3,(H2,18,20,21);1H. The van der Waals surface area contributed by atoms with E-state index in [1.165, 1.54) is 19.9 Å². The molecule has 0 aliphatic heterocycles. The molecule has 0 bridgehead atoms. The molecular weight excluding hydrogens is 451 g/mol. The minimum absolute atomic E-state index is 0. The lowest BCUT2D eigenvalue weighted by Crippen LogP contribution is -2.37. The van der Waals surface area contributed by atoms with E-state index in [2.05, 4.69) is 34.2 Å². The fraction of sp³-hybridized carbons (Fsp3) is 0.588. The number of hydrogen-bond donors (Lipinski definition) is 3. The van der Waals surface area contributed by atoms with Crippen molar-refractivity contribution in [3.63, 3.8) is 0 Å². The molecule has 8 heteroatoms. The topological polar surface area (TPSA) is 82.6 Å². The van der Waals surface area contributed by atoms with Gasteiger partial charge in [-0.05, 0) is 37.1 Å². The van der Waals surface area contributed by atoms with Crippen LogP contribution in [0.25, 0.3) is 0 Å². The zero-order valence-electron chi connectivity index (χ0n) is 15.5. The number of hydrogen-bond acceptors (Lipinski definition) is 3. The van der Waals surface area contributed by atoms with Gasteiger partial charge in [0.1, 0.15) is 0 Å². The molecule has 0 atom stereocenters. The lowest BCUT2D eigenvalue weighted by molar-refractivity contribution is 0.534. The second kappa shape index (κ2) is 12.5. The van der Waals surface area contributed by atoms with Gasteiger partial charge < -0.3 is 10.6 Å². The van der Waals surface area contributed by atoms with E-state index in [1.807, 2.05) is 0 Å². The van der Waals surface area contributed by atoms with Crippen molar-refractivity contribution in [2.24, 2.45) is 10.9 Å². The van der Waals surface area contributed by atoms with Gasteiger partial charge in [-0.15, -0.1) is 24.0 Å². The molecule has 3 N–H and O–H groups in total. The van der Waals surface area contributed by atoms with Crippen LogP contribution in [-0.4, -0.2) is 35.0 Å². The number of aliphatic imine (C=N–C) groups is 1. The van der Waals surface area contributed by atoms with Crippen molar-refractivity contribution in [2.75, 3.05) is 20.6 Å². The van der Waals surface area contributed by atoms with E-state index in [0.29, 0.717) is 6.54 Å². The molecule has 6 nitrogen and oxygen atoms in total. The second-order valence-corrected chi connectivity index (χ2v) is 7.98. The highest BCUT2D eigenvalue weighted by Crippen LogP contribution is 2.10. The molecule has 0 amide bonds. The molecule has 1 aromatic rings. The number of rotatable bonds is 9. The number of nitrogens with zero attached hydrogens (tertiary/aromatic N) is 1. The highest BCUT2D eigenvalue weighted by atomic mass is 127. The Morgan fingerprint density at radius 3 is 2.28 bits per heavy atom. The Bertz CT molecular complexity index is 616. The summed E-state index contributed by atoms with van der Waals surface area (Å²) >= 11 is 0. The average Bonchev–Trinajstić information content (AvgIpc) is 2.57. The summed E-state index contributed by atoms with van der Waals surface area (Å²) in [6.07, 6.45) is 3.58. The number of benzene rings is 1. The third kappa shape index (κ3) is 9.41. The third-order valence-electron chi connectivity index (χ3n) is 3.69. The van der Waals surface area contributed by atoms with E-state index < -0.39 is 10.0 Å². The van der Waals surface area contributed by atoms with Gasteiger partial charge in [-0.1, -0.05) is 38.8 Å². The molecule has 0 aromatic heterocycles. The van der Waals surface area contributed by atoms with Crippen LogP contribution in [0.1, 0.15) is 38.7 Å². The largest absolute Gasteiger partial charge is 0.356 e. The molecule has 0 heterocycles. The van der Waals surface area contributed by atoms with Crippen molar-refractivity contribution in [2.45, 2.75) is 44.6 Å². The van der Waals surface area contributed by atoms with E-state index in [1.54, 1.807) is 31.3 Å². The lowest BCUT2D eigenvalue weighted by atomic mass is 10.1. The van der Waals surface area contributed by atoms with Crippen LogP contribution in [0.3, 0.4) is 0 Å². The van der Waals surface area contributed by atoms with Gasteiger partial charge in [0, 0.05) is 20.1 Å². The lowest BCUT2D eigenvalue weighted by Gasteiger charge is -2.12. The summed E-state index contributed by atoms with van der Waals surface area (Å²) in [5.41, 5.74) is 0.993. The Kier molecular flexibility index (Phi) is 12.0. The Hall–Kier alpha value is -0.870. The Balaban J connectivity index is 0.00000576. The molecule has 0 radical (unpaired) electrons. The van der Waals surface area contributed by atoms with Gasteiger partial charge in [-0.3, -0.25) is 4.99 Å². The van der Waals surface area contributed by atoms with Gasteiger partial charge in [0.25, 0.3) is 0 Å². The summed E-state index contributed by atoms with van der Waals surface area (Å²) in [7, 11) is -0.235. The minimum Gasteiger partial charge on any atom is -0.356 e. The molecule has 144 valence electrons. The van der Waals surface area contributed by atoms with E-state index in [0.717, 1.165) is 30.4 Å². The minimum atomic E-state index is -3.38. The molecule has 1 aromatic carbocycles. The van der Waals surface area contributed by atoms with Crippen molar-refractivity contribution in [1.82, 2.24) is 15.4 Å². The normalized spacial score (nSPS) is 12.0. The van der Waals surface area contributed by atoms with Gasteiger partial charge in [-0.2, -0.15) is 0 Å². The average molecular weight is 482 g/mol. The van der Waals surface area contributed by atoms with Gasteiger partial charge in [0.05, 0.1) is 4.90 Å². The van der Waals surface area contributed by atoms with Crippen molar-refractivity contribution in [3.8, 4) is 0 Å². The van der Waals surface area contributed by atoms with Crippen LogP contribution < -0.4 is 15.4 Å². The first-order valence-corrected chi connectivity index (χ1v) is 9.84. The van der Waals surface area contributed by atoms with Crippen LogP contribution >= 0.6 is 24.0 Å². The number of nitrogens with one attached hydrogen (secondary N) is 3. The molecule has 1 rings (SSSR count). The number of unbranched alkanes of at least 4 members (excludes halogenated alkanes) is 1. The number of halogens is 1. The summed E-state index contributed by atoms with van der Waals surface area (Å²) < 4.78 is 25.7. The van der Waals surface area contributed by atoms with Crippen LogP contribution in [0.15, 0.2) is 34.2 Å². The molecule has 0 fully saturated rings. The highest BCUT2D eigenvalue weighted by Gasteiger charge is 2.10. The predicted octanol–water partition coefficient (Wildman–Crippen LogP) is 2.70. The quantitative estimate of drug-likeness (QED) is 0.219. The maximum absolute atomic E-state index is 11.7. The van der Waals surface area contributed by atoms with E-state index in [4.69, 9.17) is 0 Å². The Morgan fingerprint density at radius 1 is 1.12 bits per heavy atom. The summed E-state index contributed by atoms with van der Waals surface area (Å²) in [4.78, 5) is 4.46. The van der Waals surface area contributed by atoms with Crippen molar-refractivity contribution >= 4 is 40.0 Å². The SMILES string of the molecule is CN=C(NCCCCC(C)C)NCc1ccc(S(=O)(=O)NC)cc1.I. The van der Waals surface area contributed by atoms with Crippen LogP contribution in [0.2, 0.25) is 0 Å². The first-order chi connectivity index (χ1) is 11.4. The Labute approximate surface area is 169 Å². The molecular formula is C17H31IN4O2S. The summed E-state index contributed by atoms with van der Waals surface area (Å²) in [5.74, 6) is 1.50. The van der Waals surface area contributed by atoms with Crippen molar-refractivity contribution in [3.05, 3.63) is 29.8 Å². The maximum atomic E-state index is 11.7. The van der Waals surface area contributed by atoms with E-state index in [9.17, 15) is 8.42 Å². The Morgan fingerprint density at radius 2 is 1.76 bits per heavy atom. The maximum Gasteiger partial charge on any atom is 0.240 e. The summed E-state index contributed by atoms with van der Waals surface area (Å²) in [6.45, 7) is 5.96. The van der Waals surface area contributed by atoms with Crippen LogP contribution in [0.4, 0.5) is 0 Å². The molecule has 0 saturated carbocycles. The van der Waals surface area contributed by atoms with Crippen LogP contribution in [0, 0.1) is 5.92 Å². The zero-order valence-corrected chi connectivity index (χ0v) is 18.6. The van der Waals surface area contributed by atoms with E-state index in [-0.39, 0.29) is 28.9 Å². The monoisotopic (exact) mass is 482 g/mol. The number of sulfonamides is 1. The van der Waals surface area contributed by atoms with Crippen molar-refractivity contribution in [1.29, 1.82) is 0 Å². The fourth-order valence-electron chi connectivity index (χ4n) is 2.20. The first kappa shape index (κ1) is 24.1. The molecule has 25 heavy (non-hydrogen) atoms. The summed E-state index contributed by atoms with van der Waals surface area (Å²) in [5, 5.41) is 6.52. The molecule has 0 unspecified atom stereocenters. The predicted molar refractivity (Wildman–Crippen MR) is 115 cm³/mol. The first-order valence-electron chi connectivity index (χ1n) is 8.36. The molecule has 0 aliphatic carbocycles. The van der Waals surface area contributed by atoms with Gasteiger partial charge in [-0.25, -0.2) is 13.1 Å².